The van der Waals surface area contributed by atoms with Crippen LogP contribution >= 0.6 is 0 Å². The van der Waals surface area contributed by atoms with Crippen molar-refractivity contribution in [2.45, 2.75) is 24.8 Å². The van der Waals surface area contributed by atoms with Crippen LogP contribution in [0.3, 0.4) is 0 Å². The largest absolute Gasteiger partial charge is 0.255 e. The van der Waals surface area contributed by atoms with Crippen LogP contribution in [0.15, 0.2) is 23.4 Å². The molecule has 0 fully saturated rings. The molecule has 0 amide bonds. The summed E-state index contributed by atoms with van der Waals surface area (Å²) < 4.78 is 22.1. The fraction of sp³-hybridized carbons (Fsp3) is 0.375. The summed E-state index contributed by atoms with van der Waals surface area (Å²) in [5, 5.41) is 4.98. The molecule has 1 heterocycles. The van der Waals surface area contributed by atoms with Gasteiger partial charge in [0.25, 0.3) is 10.0 Å². The SMILES string of the molecule is CC(C)c1cccnc1S(N)(=O)=O. The molecule has 0 aliphatic carbocycles. The standard InChI is InChI=1S/C8H12N2O2S/c1-6(2)7-4-3-5-10-8(7)13(9,11)12/h3-6H,1-2H3,(H2,9,11,12). The van der Waals surface area contributed by atoms with Crippen LogP contribution in [-0.2, 0) is 10.0 Å². The maximum Gasteiger partial charge on any atom is 0.255 e. The van der Waals surface area contributed by atoms with Gasteiger partial charge >= 0.3 is 0 Å². The van der Waals surface area contributed by atoms with Gasteiger partial charge in [0.2, 0.25) is 0 Å². The lowest BCUT2D eigenvalue weighted by atomic mass is 10.1. The maximum absolute atomic E-state index is 11.1. The zero-order chi connectivity index (χ0) is 10.1. The third-order valence-corrected chi connectivity index (χ3v) is 2.57. The molecule has 0 atom stereocenters. The number of aromatic nitrogens is 1. The molecule has 1 aromatic heterocycles. The number of primary sulfonamides is 1. The number of pyridine rings is 1. The fourth-order valence-corrected chi connectivity index (χ4v) is 1.92. The molecule has 0 radical (unpaired) electrons. The van der Waals surface area contributed by atoms with Gasteiger partial charge in [0.1, 0.15) is 0 Å². The van der Waals surface area contributed by atoms with Crippen LogP contribution in [0.4, 0.5) is 0 Å². The van der Waals surface area contributed by atoms with Gasteiger partial charge in [-0.05, 0) is 17.5 Å². The summed E-state index contributed by atoms with van der Waals surface area (Å²) in [5.41, 5.74) is 0.657. The van der Waals surface area contributed by atoms with E-state index in [9.17, 15) is 8.42 Å². The van der Waals surface area contributed by atoms with Crippen molar-refractivity contribution in [3.8, 4) is 0 Å². The normalized spacial score (nSPS) is 12.0. The second-order valence-corrected chi connectivity index (χ2v) is 4.57. The predicted molar refractivity (Wildman–Crippen MR) is 49.7 cm³/mol. The van der Waals surface area contributed by atoms with Gasteiger partial charge in [0.05, 0.1) is 0 Å². The van der Waals surface area contributed by atoms with Gasteiger partial charge in [-0.2, -0.15) is 0 Å². The highest BCUT2D eigenvalue weighted by atomic mass is 32.2. The monoisotopic (exact) mass is 200 g/mol. The van der Waals surface area contributed by atoms with Crippen molar-refractivity contribution in [2.75, 3.05) is 0 Å². The predicted octanol–water partition coefficient (Wildman–Crippen LogP) is 0.852. The topological polar surface area (TPSA) is 73.0 Å². The lowest BCUT2D eigenvalue weighted by Gasteiger charge is -2.08. The van der Waals surface area contributed by atoms with Crippen molar-refractivity contribution < 1.29 is 8.42 Å². The molecule has 1 rings (SSSR count). The van der Waals surface area contributed by atoms with E-state index in [0.29, 0.717) is 5.56 Å². The van der Waals surface area contributed by atoms with Crippen LogP contribution in [0.5, 0.6) is 0 Å². The summed E-state index contributed by atoms with van der Waals surface area (Å²) in [6, 6.07) is 3.42. The van der Waals surface area contributed by atoms with Crippen molar-refractivity contribution in [2.24, 2.45) is 5.14 Å². The molecule has 0 aliphatic heterocycles. The maximum atomic E-state index is 11.1. The van der Waals surface area contributed by atoms with E-state index in [0.717, 1.165) is 0 Å². The van der Waals surface area contributed by atoms with Crippen LogP contribution in [-0.4, -0.2) is 13.4 Å². The molecule has 5 heteroatoms. The lowest BCUT2D eigenvalue weighted by molar-refractivity contribution is 0.590. The molecule has 0 aromatic carbocycles. The number of nitrogens with two attached hydrogens (primary N) is 1. The van der Waals surface area contributed by atoms with E-state index in [-0.39, 0.29) is 10.9 Å². The second-order valence-electron chi connectivity index (χ2n) is 3.10. The van der Waals surface area contributed by atoms with E-state index in [2.05, 4.69) is 4.98 Å². The summed E-state index contributed by atoms with van der Waals surface area (Å²) in [5.74, 6) is 0.0991. The molecule has 0 bridgehead atoms. The van der Waals surface area contributed by atoms with Crippen LogP contribution < -0.4 is 5.14 Å². The summed E-state index contributed by atoms with van der Waals surface area (Å²) >= 11 is 0. The van der Waals surface area contributed by atoms with Crippen LogP contribution in [0.2, 0.25) is 0 Å². The Hall–Kier alpha value is -0.940. The van der Waals surface area contributed by atoms with Crippen molar-refractivity contribution in [3.63, 3.8) is 0 Å². The molecule has 4 nitrogen and oxygen atoms in total. The van der Waals surface area contributed by atoms with Crippen LogP contribution in [0.1, 0.15) is 25.3 Å². The van der Waals surface area contributed by atoms with Gasteiger partial charge < -0.3 is 0 Å². The first-order chi connectivity index (χ1) is 5.93. The average Bonchev–Trinajstić information content (AvgIpc) is 2.03. The minimum absolute atomic E-state index is 0.0231. The molecule has 0 unspecified atom stereocenters. The molecule has 2 N–H and O–H groups in total. The Labute approximate surface area is 77.8 Å². The first-order valence-corrected chi connectivity index (χ1v) is 5.45. The van der Waals surface area contributed by atoms with Crippen LogP contribution in [0.25, 0.3) is 0 Å². The zero-order valence-corrected chi connectivity index (χ0v) is 8.38. The smallest absolute Gasteiger partial charge is 0.243 e. The molecule has 72 valence electrons. The fourth-order valence-electron chi connectivity index (χ4n) is 1.08. The number of sulfonamides is 1. The Morgan fingerprint density at radius 1 is 1.46 bits per heavy atom. The average molecular weight is 200 g/mol. The Balaban J connectivity index is 3.37. The molecule has 13 heavy (non-hydrogen) atoms. The quantitative estimate of drug-likeness (QED) is 0.769. The number of rotatable bonds is 2. The van der Waals surface area contributed by atoms with E-state index < -0.39 is 10.0 Å². The minimum Gasteiger partial charge on any atom is -0.243 e. The van der Waals surface area contributed by atoms with E-state index in [1.54, 1.807) is 12.1 Å². The number of hydrogen-bond acceptors (Lipinski definition) is 3. The Morgan fingerprint density at radius 3 is 2.46 bits per heavy atom. The molecular formula is C8H12N2O2S. The molecule has 0 saturated carbocycles. The summed E-state index contributed by atoms with van der Waals surface area (Å²) in [6.07, 6.45) is 1.42. The third kappa shape index (κ3) is 2.26. The number of nitrogens with zero attached hydrogens (tertiary/aromatic N) is 1. The Bertz CT molecular complexity index is 398. The van der Waals surface area contributed by atoms with Crippen molar-refractivity contribution in [1.82, 2.24) is 4.98 Å². The molecule has 0 aliphatic rings. The highest BCUT2D eigenvalue weighted by Crippen LogP contribution is 2.19. The van der Waals surface area contributed by atoms with E-state index in [1.165, 1.54) is 6.20 Å². The molecule has 1 aromatic rings. The van der Waals surface area contributed by atoms with Gasteiger partial charge in [-0.3, -0.25) is 0 Å². The van der Waals surface area contributed by atoms with Crippen LogP contribution in [0, 0.1) is 0 Å². The third-order valence-electron chi connectivity index (χ3n) is 1.69. The van der Waals surface area contributed by atoms with Gasteiger partial charge in [-0.1, -0.05) is 19.9 Å². The van der Waals surface area contributed by atoms with Crippen molar-refractivity contribution >= 4 is 10.0 Å². The first-order valence-electron chi connectivity index (χ1n) is 3.90. The highest BCUT2D eigenvalue weighted by molar-refractivity contribution is 7.89. The zero-order valence-electron chi connectivity index (χ0n) is 7.56. The van der Waals surface area contributed by atoms with E-state index in [1.807, 2.05) is 13.8 Å². The van der Waals surface area contributed by atoms with E-state index in [4.69, 9.17) is 5.14 Å². The van der Waals surface area contributed by atoms with Gasteiger partial charge in [0.15, 0.2) is 5.03 Å². The minimum atomic E-state index is -3.69. The summed E-state index contributed by atoms with van der Waals surface area (Å²) in [4.78, 5) is 3.76. The Morgan fingerprint density at radius 2 is 2.08 bits per heavy atom. The second kappa shape index (κ2) is 3.43. The molecule has 0 spiro atoms. The number of hydrogen-bond donors (Lipinski definition) is 1. The summed E-state index contributed by atoms with van der Waals surface area (Å²) in [6.45, 7) is 3.79. The van der Waals surface area contributed by atoms with Gasteiger partial charge in [-0.25, -0.2) is 18.5 Å². The Kier molecular flexibility index (Phi) is 2.68. The van der Waals surface area contributed by atoms with Crippen molar-refractivity contribution in [1.29, 1.82) is 0 Å². The molecular weight excluding hydrogens is 188 g/mol. The van der Waals surface area contributed by atoms with E-state index >= 15 is 0 Å². The highest BCUT2D eigenvalue weighted by Gasteiger charge is 2.16. The van der Waals surface area contributed by atoms with Crippen molar-refractivity contribution in [3.05, 3.63) is 23.9 Å². The summed E-state index contributed by atoms with van der Waals surface area (Å²) in [7, 11) is -3.69. The van der Waals surface area contributed by atoms with Gasteiger partial charge in [0, 0.05) is 6.20 Å². The first kappa shape index (κ1) is 10.1. The van der Waals surface area contributed by atoms with Gasteiger partial charge in [-0.15, -0.1) is 0 Å². The lowest BCUT2D eigenvalue weighted by Crippen LogP contribution is -2.16. The molecule has 0 saturated heterocycles.